The number of ether oxygens (including phenoxy) is 1. The van der Waals surface area contributed by atoms with E-state index < -0.39 is 20.8 Å². The van der Waals surface area contributed by atoms with Gasteiger partial charge < -0.3 is 4.74 Å². The second-order valence-corrected chi connectivity index (χ2v) is 5.09. The minimum absolute atomic E-state index is 0.383. The molecule has 0 aromatic heterocycles. The van der Waals surface area contributed by atoms with Crippen LogP contribution in [0.15, 0.2) is 35.2 Å². The molecule has 1 aromatic carbocycles. The minimum atomic E-state index is -4.64. The zero-order valence-corrected chi connectivity index (χ0v) is 9.70. The molecule has 1 rings (SSSR count). The number of terminal acetylenes is 1. The molecule has 90 valence electrons. The Bertz CT molecular complexity index is 559. The summed E-state index contributed by atoms with van der Waals surface area (Å²) in [5.41, 5.74) is 0. The maximum atomic E-state index is 14.1. The SMILES string of the molecule is C#CC(F)(C(=O)OC)S(=O)(=O)c1ccccc1. The molecule has 0 heterocycles. The van der Waals surface area contributed by atoms with Gasteiger partial charge in [-0.15, -0.1) is 6.42 Å². The van der Waals surface area contributed by atoms with Crippen molar-refractivity contribution in [3.05, 3.63) is 30.3 Å². The van der Waals surface area contributed by atoms with Crippen LogP contribution in [0.25, 0.3) is 0 Å². The molecule has 0 aliphatic heterocycles. The molecule has 1 unspecified atom stereocenters. The number of carbonyl (C=O) groups is 1. The molecule has 0 spiro atoms. The molecule has 0 fully saturated rings. The summed E-state index contributed by atoms with van der Waals surface area (Å²) in [7, 11) is -3.78. The Balaban J connectivity index is 3.42. The van der Waals surface area contributed by atoms with E-state index in [4.69, 9.17) is 6.42 Å². The number of alkyl halides is 1. The summed E-state index contributed by atoms with van der Waals surface area (Å²) in [6, 6.07) is 6.61. The van der Waals surface area contributed by atoms with Crippen LogP contribution in [0.4, 0.5) is 4.39 Å². The zero-order chi connectivity index (χ0) is 13.1. The first-order valence-corrected chi connectivity index (χ1v) is 5.93. The second kappa shape index (κ2) is 4.55. The standard InChI is InChI=1S/C11H9FO4S/c1-3-11(12,10(13)16-2)17(14,15)9-7-5-4-6-8-9/h1,4-8H,2H3. The Morgan fingerprint density at radius 2 is 1.94 bits per heavy atom. The fraction of sp³-hybridized carbons (Fsp3) is 0.182. The van der Waals surface area contributed by atoms with Gasteiger partial charge in [-0.2, -0.15) is 4.39 Å². The Morgan fingerprint density at radius 3 is 2.35 bits per heavy atom. The van der Waals surface area contributed by atoms with Crippen LogP contribution in [-0.4, -0.2) is 26.5 Å². The third-order valence-electron chi connectivity index (χ3n) is 2.06. The van der Waals surface area contributed by atoms with Gasteiger partial charge in [0.2, 0.25) is 9.84 Å². The number of carbonyl (C=O) groups excluding carboxylic acids is 1. The number of sulfone groups is 1. The van der Waals surface area contributed by atoms with Crippen LogP contribution in [0, 0.1) is 12.3 Å². The molecular formula is C11H9FO4S. The van der Waals surface area contributed by atoms with Crippen molar-refractivity contribution in [3.8, 4) is 12.3 Å². The van der Waals surface area contributed by atoms with Crippen molar-refractivity contribution < 1.29 is 22.3 Å². The molecule has 0 aliphatic rings. The van der Waals surface area contributed by atoms with Gasteiger partial charge in [0.05, 0.1) is 12.0 Å². The number of esters is 1. The van der Waals surface area contributed by atoms with Crippen molar-refractivity contribution in [1.82, 2.24) is 0 Å². The van der Waals surface area contributed by atoms with Crippen LogP contribution in [0.2, 0.25) is 0 Å². The van der Waals surface area contributed by atoms with Gasteiger partial charge in [0, 0.05) is 0 Å². The average Bonchev–Trinajstić information content (AvgIpc) is 2.37. The van der Waals surface area contributed by atoms with Crippen LogP contribution in [-0.2, 0) is 19.4 Å². The summed E-state index contributed by atoms with van der Waals surface area (Å²) in [6.45, 7) is 0. The highest BCUT2D eigenvalue weighted by atomic mass is 32.2. The van der Waals surface area contributed by atoms with Crippen molar-refractivity contribution in [2.45, 2.75) is 9.90 Å². The van der Waals surface area contributed by atoms with Crippen LogP contribution >= 0.6 is 0 Å². The van der Waals surface area contributed by atoms with E-state index in [0.29, 0.717) is 0 Å². The monoisotopic (exact) mass is 256 g/mol. The Kier molecular flexibility index (Phi) is 3.53. The lowest BCUT2D eigenvalue weighted by molar-refractivity contribution is -0.146. The Labute approximate surface area is 98.3 Å². The minimum Gasteiger partial charge on any atom is -0.465 e. The summed E-state index contributed by atoms with van der Waals surface area (Å²) >= 11 is 0. The molecule has 1 aromatic rings. The van der Waals surface area contributed by atoms with Gasteiger partial charge in [-0.25, -0.2) is 13.2 Å². The van der Waals surface area contributed by atoms with Gasteiger partial charge in [-0.05, 0) is 18.1 Å². The second-order valence-electron chi connectivity index (χ2n) is 3.05. The number of benzene rings is 1. The summed E-state index contributed by atoms with van der Waals surface area (Å²) in [6.07, 6.45) is 4.80. The lowest BCUT2D eigenvalue weighted by Crippen LogP contribution is -2.41. The summed E-state index contributed by atoms with van der Waals surface area (Å²) in [5.74, 6) is -0.297. The molecule has 0 radical (unpaired) electrons. The molecule has 0 saturated carbocycles. The quantitative estimate of drug-likeness (QED) is 0.596. The van der Waals surface area contributed by atoms with Gasteiger partial charge in [0.15, 0.2) is 0 Å². The molecule has 0 bridgehead atoms. The number of halogens is 1. The predicted octanol–water partition coefficient (Wildman–Crippen LogP) is 0.932. The molecule has 0 amide bonds. The van der Waals surface area contributed by atoms with E-state index in [9.17, 15) is 17.6 Å². The number of hydrogen-bond acceptors (Lipinski definition) is 4. The van der Waals surface area contributed by atoms with Crippen LogP contribution < -0.4 is 0 Å². The van der Waals surface area contributed by atoms with E-state index in [-0.39, 0.29) is 4.90 Å². The zero-order valence-electron chi connectivity index (χ0n) is 8.88. The summed E-state index contributed by atoms with van der Waals surface area (Å²) in [5, 5.41) is -3.51. The van der Waals surface area contributed by atoms with Crippen LogP contribution in [0.1, 0.15) is 0 Å². The fourth-order valence-corrected chi connectivity index (χ4v) is 2.44. The number of rotatable bonds is 3. The van der Waals surface area contributed by atoms with Gasteiger partial charge in [0.1, 0.15) is 0 Å². The molecule has 6 heteroatoms. The van der Waals surface area contributed by atoms with Crippen molar-refractivity contribution in [1.29, 1.82) is 0 Å². The number of methoxy groups -OCH3 is 1. The molecule has 0 aliphatic carbocycles. The molecule has 4 nitrogen and oxygen atoms in total. The van der Waals surface area contributed by atoms with E-state index in [0.717, 1.165) is 19.2 Å². The van der Waals surface area contributed by atoms with Gasteiger partial charge in [-0.3, -0.25) is 0 Å². The molecular weight excluding hydrogens is 247 g/mol. The largest absolute Gasteiger partial charge is 0.465 e. The van der Waals surface area contributed by atoms with E-state index in [2.05, 4.69) is 4.74 Å². The Morgan fingerprint density at radius 1 is 1.41 bits per heavy atom. The number of hydrogen-bond donors (Lipinski definition) is 0. The van der Waals surface area contributed by atoms with Crippen molar-refractivity contribution >= 4 is 15.8 Å². The van der Waals surface area contributed by atoms with E-state index >= 15 is 0 Å². The lowest BCUT2D eigenvalue weighted by Gasteiger charge is -2.16. The highest BCUT2D eigenvalue weighted by Crippen LogP contribution is 2.28. The van der Waals surface area contributed by atoms with Gasteiger partial charge in [0.25, 0.3) is 0 Å². The summed E-state index contributed by atoms with van der Waals surface area (Å²) < 4.78 is 41.9. The third kappa shape index (κ3) is 2.01. The highest BCUT2D eigenvalue weighted by molar-refractivity contribution is 7.93. The molecule has 0 saturated heterocycles. The van der Waals surface area contributed by atoms with Crippen molar-refractivity contribution in [2.24, 2.45) is 0 Å². The molecule has 17 heavy (non-hydrogen) atoms. The summed E-state index contributed by atoms with van der Waals surface area (Å²) in [4.78, 5) is 10.8. The van der Waals surface area contributed by atoms with Crippen molar-refractivity contribution in [3.63, 3.8) is 0 Å². The fourth-order valence-electron chi connectivity index (χ4n) is 1.14. The first kappa shape index (κ1) is 13.2. The van der Waals surface area contributed by atoms with E-state index in [1.807, 2.05) is 0 Å². The smallest absolute Gasteiger partial charge is 0.373 e. The van der Waals surface area contributed by atoms with Gasteiger partial charge in [-0.1, -0.05) is 18.2 Å². The van der Waals surface area contributed by atoms with Crippen LogP contribution in [0.5, 0.6) is 0 Å². The normalized spacial score (nSPS) is 14.4. The third-order valence-corrected chi connectivity index (χ3v) is 3.98. The average molecular weight is 256 g/mol. The molecule has 0 N–H and O–H groups in total. The van der Waals surface area contributed by atoms with E-state index in [1.54, 1.807) is 6.07 Å². The highest BCUT2D eigenvalue weighted by Gasteiger charge is 2.52. The molecule has 1 atom stereocenters. The van der Waals surface area contributed by atoms with Crippen molar-refractivity contribution in [2.75, 3.05) is 7.11 Å². The first-order chi connectivity index (χ1) is 7.90. The first-order valence-electron chi connectivity index (χ1n) is 4.45. The van der Waals surface area contributed by atoms with Gasteiger partial charge >= 0.3 is 11.0 Å². The Hall–Kier alpha value is -1.87. The van der Waals surface area contributed by atoms with E-state index in [1.165, 1.54) is 18.1 Å². The maximum Gasteiger partial charge on any atom is 0.373 e. The topological polar surface area (TPSA) is 60.4 Å². The predicted molar refractivity (Wildman–Crippen MR) is 58.3 cm³/mol. The maximum absolute atomic E-state index is 14.1. The van der Waals surface area contributed by atoms with Crippen LogP contribution in [0.3, 0.4) is 0 Å². The lowest BCUT2D eigenvalue weighted by atomic mass is 10.4.